The summed E-state index contributed by atoms with van der Waals surface area (Å²) in [5.41, 5.74) is 1.98. The summed E-state index contributed by atoms with van der Waals surface area (Å²) < 4.78 is 0. The zero-order valence-electron chi connectivity index (χ0n) is 11.8. The third kappa shape index (κ3) is 3.77. The number of piperidine rings is 1. The lowest BCUT2D eigenvalue weighted by Gasteiger charge is -2.35. The van der Waals surface area contributed by atoms with Crippen LogP contribution in [0.15, 0.2) is 12.1 Å². The number of likely N-dealkylation sites (tertiary alicyclic amines) is 1. The molecule has 0 spiro atoms. The van der Waals surface area contributed by atoms with Crippen LogP contribution < -0.4 is 5.32 Å². The molecule has 0 unspecified atom stereocenters. The van der Waals surface area contributed by atoms with Gasteiger partial charge in [-0.2, -0.15) is 0 Å². The summed E-state index contributed by atoms with van der Waals surface area (Å²) in [6.07, 6.45) is 2.31. The zero-order valence-corrected chi connectivity index (χ0v) is 13.4. The Hall–Kier alpha value is -0.440. The van der Waals surface area contributed by atoms with Gasteiger partial charge in [-0.3, -0.25) is 0 Å². The Kier molecular flexibility index (Phi) is 4.99. The number of nitrogens with one attached hydrogen (secondary N) is 1. The van der Waals surface area contributed by atoms with Gasteiger partial charge in [0.05, 0.1) is 10.7 Å². The van der Waals surface area contributed by atoms with E-state index in [0.29, 0.717) is 12.1 Å². The highest BCUT2D eigenvalue weighted by Crippen LogP contribution is 2.30. The average Bonchev–Trinajstić information content (AvgIpc) is 2.36. The smallest absolute Gasteiger partial charge is 0.0641 e. The lowest BCUT2D eigenvalue weighted by molar-refractivity contribution is 0.177. The van der Waals surface area contributed by atoms with Crippen molar-refractivity contribution in [1.29, 1.82) is 0 Å². The van der Waals surface area contributed by atoms with Gasteiger partial charge in [0.15, 0.2) is 0 Å². The van der Waals surface area contributed by atoms with E-state index < -0.39 is 0 Å². The van der Waals surface area contributed by atoms with Gasteiger partial charge in [-0.15, -0.1) is 0 Å². The number of halogens is 2. The van der Waals surface area contributed by atoms with Gasteiger partial charge in [0.2, 0.25) is 0 Å². The van der Waals surface area contributed by atoms with Crippen molar-refractivity contribution < 1.29 is 0 Å². The molecule has 1 fully saturated rings. The number of hydrogen-bond acceptors (Lipinski definition) is 2. The third-order valence-corrected chi connectivity index (χ3v) is 4.59. The molecule has 2 rings (SSSR count). The van der Waals surface area contributed by atoms with E-state index in [9.17, 15) is 0 Å². The number of aryl methyl sites for hydroxylation is 1. The number of nitrogens with zero attached hydrogens (tertiary/aromatic N) is 1. The molecule has 1 aromatic carbocycles. The molecule has 4 heteroatoms. The molecule has 2 nitrogen and oxygen atoms in total. The SMILES string of the molecule is Cc1cc(Cl)c(NC2CCN(C(C)C)CC2)cc1Cl. The first kappa shape index (κ1) is 15.0. The molecule has 0 bridgehead atoms. The Balaban J connectivity index is 1.98. The summed E-state index contributed by atoms with van der Waals surface area (Å²) in [4.78, 5) is 2.52. The summed E-state index contributed by atoms with van der Waals surface area (Å²) in [5.74, 6) is 0. The highest BCUT2D eigenvalue weighted by atomic mass is 35.5. The lowest BCUT2D eigenvalue weighted by Crippen LogP contribution is -2.42. The fourth-order valence-corrected chi connectivity index (χ4v) is 2.97. The van der Waals surface area contributed by atoms with Crippen LogP contribution in [-0.2, 0) is 0 Å². The van der Waals surface area contributed by atoms with Crippen molar-refractivity contribution in [3.63, 3.8) is 0 Å². The molecular formula is C15H22Cl2N2. The van der Waals surface area contributed by atoms with Crippen LogP contribution in [0.5, 0.6) is 0 Å². The monoisotopic (exact) mass is 300 g/mol. The van der Waals surface area contributed by atoms with Crippen molar-refractivity contribution in [3.8, 4) is 0 Å². The topological polar surface area (TPSA) is 15.3 Å². The van der Waals surface area contributed by atoms with Gasteiger partial charge in [0, 0.05) is 30.2 Å². The van der Waals surface area contributed by atoms with E-state index in [1.165, 1.54) is 0 Å². The number of anilines is 1. The molecule has 1 aromatic rings. The quantitative estimate of drug-likeness (QED) is 0.878. The van der Waals surface area contributed by atoms with E-state index in [0.717, 1.165) is 47.2 Å². The molecule has 19 heavy (non-hydrogen) atoms. The second-order valence-corrected chi connectivity index (χ2v) is 6.44. The highest BCUT2D eigenvalue weighted by Gasteiger charge is 2.21. The van der Waals surface area contributed by atoms with Crippen molar-refractivity contribution in [1.82, 2.24) is 4.90 Å². The van der Waals surface area contributed by atoms with Crippen molar-refractivity contribution in [2.75, 3.05) is 18.4 Å². The number of benzene rings is 1. The van der Waals surface area contributed by atoms with Gasteiger partial charge in [0.1, 0.15) is 0 Å². The maximum atomic E-state index is 6.27. The highest BCUT2D eigenvalue weighted by molar-refractivity contribution is 6.35. The molecule has 0 saturated carbocycles. The maximum absolute atomic E-state index is 6.27. The van der Waals surface area contributed by atoms with Crippen LogP contribution in [0.25, 0.3) is 0 Å². The van der Waals surface area contributed by atoms with Crippen molar-refractivity contribution in [2.24, 2.45) is 0 Å². The molecule has 0 aliphatic carbocycles. The standard InChI is InChI=1S/C15H22Cl2N2/c1-10(2)19-6-4-12(5-7-19)18-15-9-13(16)11(3)8-14(15)17/h8-10,12,18H,4-7H2,1-3H3. The van der Waals surface area contributed by atoms with E-state index in [1.54, 1.807) is 0 Å². The Labute approximate surface area is 126 Å². The van der Waals surface area contributed by atoms with E-state index in [-0.39, 0.29) is 0 Å². The Bertz CT molecular complexity index is 438. The van der Waals surface area contributed by atoms with Crippen molar-refractivity contribution in [3.05, 3.63) is 27.7 Å². The van der Waals surface area contributed by atoms with Gasteiger partial charge in [-0.05, 0) is 51.3 Å². The van der Waals surface area contributed by atoms with Crippen LogP contribution >= 0.6 is 23.2 Å². The Morgan fingerprint density at radius 2 is 1.79 bits per heavy atom. The summed E-state index contributed by atoms with van der Waals surface area (Å²) >= 11 is 12.4. The van der Waals surface area contributed by atoms with Crippen LogP contribution in [0.3, 0.4) is 0 Å². The first-order chi connectivity index (χ1) is 8.97. The minimum absolute atomic E-state index is 0.492. The largest absolute Gasteiger partial charge is 0.381 e. The van der Waals surface area contributed by atoms with E-state index in [1.807, 2.05) is 19.1 Å². The molecule has 1 saturated heterocycles. The molecule has 1 aliphatic heterocycles. The van der Waals surface area contributed by atoms with Gasteiger partial charge >= 0.3 is 0 Å². The third-order valence-electron chi connectivity index (χ3n) is 3.87. The van der Waals surface area contributed by atoms with Crippen molar-refractivity contribution >= 4 is 28.9 Å². The predicted octanol–water partition coefficient (Wildman–Crippen LogP) is 4.59. The van der Waals surface area contributed by atoms with Crippen LogP contribution in [0, 0.1) is 6.92 Å². The molecular weight excluding hydrogens is 279 g/mol. The van der Waals surface area contributed by atoms with Gasteiger partial charge in [-0.25, -0.2) is 0 Å². The van der Waals surface area contributed by atoms with E-state index in [4.69, 9.17) is 23.2 Å². The summed E-state index contributed by atoms with van der Waals surface area (Å²) in [7, 11) is 0. The van der Waals surface area contributed by atoms with Crippen LogP contribution in [0.1, 0.15) is 32.3 Å². The average molecular weight is 301 g/mol. The number of rotatable bonds is 3. The second-order valence-electron chi connectivity index (χ2n) is 5.63. The molecule has 0 radical (unpaired) electrons. The molecule has 1 aliphatic rings. The first-order valence-electron chi connectivity index (χ1n) is 6.93. The molecule has 0 atom stereocenters. The van der Waals surface area contributed by atoms with Crippen LogP contribution in [0.4, 0.5) is 5.69 Å². The summed E-state index contributed by atoms with van der Waals surface area (Å²) in [6, 6.07) is 4.99. The summed E-state index contributed by atoms with van der Waals surface area (Å²) in [5, 5.41) is 5.06. The second kappa shape index (κ2) is 6.34. The van der Waals surface area contributed by atoms with Crippen molar-refractivity contribution in [2.45, 2.75) is 45.7 Å². The maximum Gasteiger partial charge on any atom is 0.0641 e. The molecule has 1 heterocycles. The minimum atomic E-state index is 0.492. The Morgan fingerprint density at radius 3 is 2.37 bits per heavy atom. The zero-order chi connectivity index (χ0) is 14.0. The van der Waals surface area contributed by atoms with Crippen LogP contribution in [0.2, 0.25) is 10.0 Å². The molecule has 0 aromatic heterocycles. The number of hydrogen-bond donors (Lipinski definition) is 1. The normalized spacial score (nSPS) is 18.0. The molecule has 1 N–H and O–H groups in total. The van der Waals surface area contributed by atoms with E-state index >= 15 is 0 Å². The van der Waals surface area contributed by atoms with Gasteiger partial charge < -0.3 is 10.2 Å². The summed E-state index contributed by atoms with van der Waals surface area (Å²) in [6.45, 7) is 8.77. The van der Waals surface area contributed by atoms with Gasteiger partial charge in [-0.1, -0.05) is 23.2 Å². The molecule has 106 valence electrons. The van der Waals surface area contributed by atoms with E-state index in [2.05, 4.69) is 24.1 Å². The first-order valence-corrected chi connectivity index (χ1v) is 7.69. The fraction of sp³-hybridized carbons (Fsp3) is 0.600. The minimum Gasteiger partial charge on any atom is -0.381 e. The fourth-order valence-electron chi connectivity index (χ4n) is 2.54. The van der Waals surface area contributed by atoms with Crippen LogP contribution in [-0.4, -0.2) is 30.1 Å². The predicted molar refractivity (Wildman–Crippen MR) is 84.6 cm³/mol. The van der Waals surface area contributed by atoms with Gasteiger partial charge in [0.25, 0.3) is 0 Å². The lowest BCUT2D eigenvalue weighted by atomic mass is 10.0. The molecule has 0 amide bonds. The Morgan fingerprint density at radius 1 is 1.16 bits per heavy atom.